The highest BCUT2D eigenvalue weighted by Crippen LogP contribution is 2.34. The Bertz CT molecular complexity index is 979. The van der Waals surface area contributed by atoms with Gasteiger partial charge in [0.05, 0.1) is 36.1 Å². The lowest BCUT2D eigenvalue weighted by atomic mass is 10.1. The predicted molar refractivity (Wildman–Crippen MR) is 103 cm³/mol. The summed E-state index contributed by atoms with van der Waals surface area (Å²) in [4.78, 5) is 47.5. The van der Waals surface area contributed by atoms with E-state index >= 15 is 0 Å². The van der Waals surface area contributed by atoms with Crippen LogP contribution in [0.1, 0.15) is 51.2 Å². The molecular formula is C17H20N4O7S. The summed E-state index contributed by atoms with van der Waals surface area (Å²) in [5.41, 5.74) is 0.792. The highest BCUT2D eigenvalue weighted by Gasteiger charge is 2.30. The Balaban J connectivity index is 2.38. The Morgan fingerprint density at radius 3 is 2.52 bits per heavy atom. The molecule has 0 aromatic carbocycles. The average Bonchev–Trinajstić information content (AvgIpc) is 3.21. The first-order valence-corrected chi connectivity index (χ1v) is 9.34. The number of carbonyl (C=O) groups is 3. The molecule has 0 saturated carbocycles. The van der Waals surface area contributed by atoms with Crippen LogP contribution in [-0.4, -0.2) is 46.3 Å². The molecule has 0 spiro atoms. The number of methoxy groups -OCH3 is 1. The third-order valence-electron chi connectivity index (χ3n) is 4.08. The van der Waals surface area contributed by atoms with E-state index in [0.29, 0.717) is 11.3 Å². The zero-order valence-electron chi connectivity index (χ0n) is 16.5. The van der Waals surface area contributed by atoms with Gasteiger partial charge in [-0.2, -0.15) is 4.68 Å². The minimum Gasteiger partial charge on any atom is -0.465 e. The second-order valence-electron chi connectivity index (χ2n) is 5.98. The van der Waals surface area contributed by atoms with Gasteiger partial charge in [0.15, 0.2) is 0 Å². The van der Waals surface area contributed by atoms with Gasteiger partial charge in [0.25, 0.3) is 5.91 Å². The van der Waals surface area contributed by atoms with Crippen molar-refractivity contribution in [3.05, 3.63) is 37.9 Å². The lowest BCUT2D eigenvalue weighted by Gasteiger charge is -2.11. The number of aryl methyl sites for hydroxylation is 1. The van der Waals surface area contributed by atoms with Crippen LogP contribution in [0.25, 0.3) is 0 Å². The van der Waals surface area contributed by atoms with Crippen LogP contribution < -0.4 is 5.32 Å². The average molecular weight is 424 g/mol. The molecule has 2 heterocycles. The lowest BCUT2D eigenvalue weighted by molar-refractivity contribution is -0.389. The summed E-state index contributed by atoms with van der Waals surface area (Å²) in [5, 5.41) is 17.4. The maximum atomic E-state index is 12.7. The van der Waals surface area contributed by atoms with E-state index in [1.165, 1.54) is 24.8 Å². The summed E-state index contributed by atoms with van der Waals surface area (Å²) in [7, 11) is 1.18. The first kappa shape index (κ1) is 22.0. The number of ether oxygens (including phenoxy) is 2. The van der Waals surface area contributed by atoms with Gasteiger partial charge in [-0.1, -0.05) is 0 Å². The van der Waals surface area contributed by atoms with Crippen molar-refractivity contribution in [2.75, 3.05) is 19.0 Å². The maximum Gasteiger partial charge on any atom is 0.390 e. The second kappa shape index (κ2) is 8.82. The number of esters is 2. The Morgan fingerprint density at radius 1 is 1.34 bits per heavy atom. The van der Waals surface area contributed by atoms with E-state index in [1.54, 1.807) is 20.8 Å². The number of anilines is 1. The van der Waals surface area contributed by atoms with Crippen LogP contribution in [0.3, 0.4) is 0 Å². The van der Waals surface area contributed by atoms with Crippen LogP contribution in [0.5, 0.6) is 0 Å². The number of carbonyl (C=O) groups excluding carboxylic acids is 3. The van der Waals surface area contributed by atoms with Crippen molar-refractivity contribution in [2.45, 2.75) is 33.7 Å². The second-order valence-corrected chi connectivity index (χ2v) is 7.00. The van der Waals surface area contributed by atoms with Crippen molar-refractivity contribution in [3.63, 3.8) is 0 Å². The third kappa shape index (κ3) is 4.42. The van der Waals surface area contributed by atoms with Crippen molar-refractivity contribution >= 4 is 40.0 Å². The number of hydrogen-bond acceptors (Lipinski definition) is 9. The number of aromatic nitrogens is 2. The van der Waals surface area contributed by atoms with E-state index in [1.807, 2.05) is 0 Å². The Kier molecular flexibility index (Phi) is 6.69. The van der Waals surface area contributed by atoms with Gasteiger partial charge in [-0.15, -0.1) is 11.3 Å². The smallest absolute Gasteiger partial charge is 0.390 e. The summed E-state index contributed by atoms with van der Waals surface area (Å²) in [6.45, 7) is 6.44. The first-order valence-electron chi connectivity index (χ1n) is 8.52. The summed E-state index contributed by atoms with van der Waals surface area (Å²) >= 11 is 0.888. The normalized spacial score (nSPS) is 11.6. The lowest BCUT2D eigenvalue weighted by Crippen LogP contribution is -2.25. The molecule has 0 aliphatic heterocycles. The molecule has 1 atom stereocenters. The molecule has 0 aliphatic carbocycles. The number of nitrogens with zero attached hydrogens (tertiary/aromatic N) is 3. The molecule has 0 aliphatic rings. The molecule has 29 heavy (non-hydrogen) atoms. The zero-order valence-corrected chi connectivity index (χ0v) is 17.3. The van der Waals surface area contributed by atoms with Gasteiger partial charge < -0.3 is 24.9 Å². The van der Waals surface area contributed by atoms with Gasteiger partial charge in [-0.3, -0.25) is 4.79 Å². The molecule has 1 N–H and O–H groups in total. The van der Waals surface area contributed by atoms with Crippen LogP contribution in [0, 0.1) is 24.0 Å². The molecular weight excluding hydrogens is 404 g/mol. The molecule has 1 amide bonds. The summed E-state index contributed by atoms with van der Waals surface area (Å²) < 4.78 is 10.9. The van der Waals surface area contributed by atoms with E-state index in [0.717, 1.165) is 11.3 Å². The summed E-state index contributed by atoms with van der Waals surface area (Å²) in [6.07, 6.45) is 0. The van der Waals surface area contributed by atoms with Gasteiger partial charge in [-0.25, -0.2) is 9.59 Å². The van der Waals surface area contributed by atoms with Gasteiger partial charge in [0.2, 0.25) is 0 Å². The van der Waals surface area contributed by atoms with Gasteiger partial charge in [-0.05, 0) is 38.2 Å². The minimum absolute atomic E-state index is 0.0456. The topological polar surface area (TPSA) is 143 Å². The highest BCUT2D eigenvalue weighted by atomic mass is 32.1. The fourth-order valence-electron chi connectivity index (χ4n) is 2.62. The van der Waals surface area contributed by atoms with Crippen molar-refractivity contribution < 1.29 is 28.8 Å². The van der Waals surface area contributed by atoms with E-state index < -0.39 is 28.8 Å². The molecule has 2 rings (SSSR count). The van der Waals surface area contributed by atoms with E-state index in [-0.39, 0.29) is 27.9 Å². The standard InChI is InChI=1S/C17H20N4O7S/c1-6-28-17(24)13-9(3)12(16(23)27-5)15(29-13)18-14(22)10(4)20-8(2)7-11(19-20)21(25)26/h7,10H,6H2,1-5H3,(H,18,22). The van der Waals surface area contributed by atoms with Crippen LogP contribution in [0.15, 0.2) is 6.07 Å². The quantitative estimate of drug-likeness (QED) is 0.406. The third-order valence-corrected chi connectivity index (χ3v) is 5.26. The fraction of sp³-hybridized carbons (Fsp3) is 0.412. The number of amides is 1. The number of rotatable bonds is 7. The molecule has 156 valence electrons. The Hall–Kier alpha value is -3.28. The number of nitrogens with one attached hydrogen (secondary N) is 1. The van der Waals surface area contributed by atoms with E-state index in [4.69, 9.17) is 9.47 Å². The molecule has 0 fully saturated rings. The molecule has 2 aromatic rings. The maximum absolute atomic E-state index is 12.7. The van der Waals surface area contributed by atoms with Crippen LogP contribution >= 0.6 is 11.3 Å². The number of nitro groups is 1. The fourth-order valence-corrected chi connectivity index (χ4v) is 3.71. The van der Waals surface area contributed by atoms with E-state index in [9.17, 15) is 24.5 Å². The molecule has 0 saturated heterocycles. The number of hydrogen-bond donors (Lipinski definition) is 1. The van der Waals surface area contributed by atoms with E-state index in [2.05, 4.69) is 10.4 Å². The molecule has 11 nitrogen and oxygen atoms in total. The summed E-state index contributed by atoms with van der Waals surface area (Å²) in [5.74, 6) is -2.29. The summed E-state index contributed by atoms with van der Waals surface area (Å²) in [6, 6.07) is 0.334. The molecule has 2 aromatic heterocycles. The predicted octanol–water partition coefficient (Wildman–Crippen LogP) is 2.63. The highest BCUT2D eigenvalue weighted by molar-refractivity contribution is 7.18. The van der Waals surface area contributed by atoms with Crippen molar-refractivity contribution in [3.8, 4) is 0 Å². The Labute approximate surface area is 169 Å². The molecule has 0 radical (unpaired) electrons. The first-order chi connectivity index (χ1) is 13.6. The van der Waals surface area contributed by atoms with Gasteiger partial charge in [0, 0.05) is 0 Å². The van der Waals surface area contributed by atoms with Crippen LogP contribution in [0.2, 0.25) is 0 Å². The molecule has 1 unspecified atom stereocenters. The van der Waals surface area contributed by atoms with Crippen LogP contribution in [0.4, 0.5) is 10.8 Å². The SMILES string of the molecule is CCOC(=O)c1sc(NC(=O)C(C)n2nc([N+](=O)[O-])cc2C)c(C(=O)OC)c1C. The number of thiophene rings is 1. The molecule has 12 heteroatoms. The van der Waals surface area contributed by atoms with Gasteiger partial charge >= 0.3 is 17.8 Å². The van der Waals surface area contributed by atoms with Crippen molar-refractivity contribution in [2.24, 2.45) is 0 Å². The van der Waals surface area contributed by atoms with Crippen molar-refractivity contribution in [1.29, 1.82) is 0 Å². The Morgan fingerprint density at radius 2 is 2.00 bits per heavy atom. The zero-order chi connectivity index (χ0) is 21.9. The monoisotopic (exact) mass is 424 g/mol. The minimum atomic E-state index is -0.914. The largest absolute Gasteiger partial charge is 0.465 e. The van der Waals surface area contributed by atoms with Crippen LogP contribution in [-0.2, 0) is 14.3 Å². The van der Waals surface area contributed by atoms with Gasteiger partial charge in [0.1, 0.15) is 15.9 Å². The van der Waals surface area contributed by atoms with Crippen molar-refractivity contribution in [1.82, 2.24) is 9.78 Å². The molecule has 0 bridgehead atoms.